The van der Waals surface area contributed by atoms with Crippen molar-refractivity contribution in [1.82, 2.24) is 5.01 Å². The Hall–Kier alpha value is -2.25. The van der Waals surface area contributed by atoms with Crippen molar-refractivity contribution in [2.45, 2.75) is 13.2 Å². The van der Waals surface area contributed by atoms with E-state index in [1.54, 1.807) is 37.4 Å². The maximum Gasteiger partial charge on any atom is 0.243 e. The van der Waals surface area contributed by atoms with Gasteiger partial charge in [0, 0.05) is 23.6 Å². The number of amides is 1. The van der Waals surface area contributed by atoms with E-state index in [2.05, 4.69) is 21.0 Å². The van der Waals surface area contributed by atoms with E-state index in [9.17, 15) is 4.79 Å². The van der Waals surface area contributed by atoms with Crippen LogP contribution in [0, 0.1) is 0 Å². The van der Waals surface area contributed by atoms with Crippen molar-refractivity contribution in [2.75, 3.05) is 14.2 Å². The maximum atomic E-state index is 12.1. The molecule has 0 fully saturated rings. The minimum Gasteiger partial charge on any atom is -0.496 e. The van der Waals surface area contributed by atoms with Crippen LogP contribution in [0.5, 0.6) is 11.5 Å². The van der Waals surface area contributed by atoms with E-state index in [4.69, 9.17) is 25.8 Å². The van der Waals surface area contributed by atoms with Gasteiger partial charge >= 0.3 is 0 Å². The summed E-state index contributed by atoms with van der Waals surface area (Å²) in [4.78, 5) is 12.1. The van der Waals surface area contributed by atoms with E-state index >= 15 is 0 Å². The Bertz CT molecular complexity index is 887. The Morgan fingerprint density at radius 3 is 2.58 bits per heavy atom. The first-order chi connectivity index (χ1) is 12.4. The van der Waals surface area contributed by atoms with Crippen LogP contribution in [0.25, 0.3) is 0 Å². The van der Waals surface area contributed by atoms with Gasteiger partial charge in [0.1, 0.15) is 11.5 Å². The van der Waals surface area contributed by atoms with Crippen molar-refractivity contribution in [3.8, 4) is 11.5 Å². The summed E-state index contributed by atoms with van der Waals surface area (Å²) in [5, 5.41) is 6.14. The lowest BCUT2D eigenvalue weighted by atomic mass is 10.1. The second-order valence-electron chi connectivity index (χ2n) is 5.48. The van der Waals surface area contributed by atoms with E-state index in [1.807, 2.05) is 6.07 Å². The summed E-state index contributed by atoms with van der Waals surface area (Å²) in [7, 11) is 3.10. The van der Waals surface area contributed by atoms with Crippen molar-refractivity contribution in [2.24, 2.45) is 5.10 Å². The number of rotatable bonds is 4. The first kappa shape index (κ1) is 18.5. The first-order valence-electron chi connectivity index (χ1n) is 7.67. The number of nitrogens with zero attached hydrogens (tertiary/aromatic N) is 2. The van der Waals surface area contributed by atoms with E-state index in [-0.39, 0.29) is 5.91 Å². The molecule has 2 aromatic rings. The highest BCUT2D eigenvalue weighted by Crippen LogP contribution is 2.40. The van der Waals surface area contributed by atoms with Crippen molar-refractivity contribution >= 4 is 39.3 Å². The minimum atomic E-state index is -0.765. The van der Waals surface area contributed by atoms with Crippen LogP contribution in [0.4, 0.5) is 0 Å². The fourth-order valence-corrected chi connectivity index (χ4v) is 3.30. The number of benzene rings is 2. The second kappa shape index (κ2) is 7.55. The molecule has 0 aromatic heterocycles. The maximum absolute atomic E-state index is 12.1. The summed E-state index contributed by atoms with van der Waals surface area (Å²) >= 11 is 9.50. The van der Waals surface area contributed by atoms with Crippen LogP contribution in [-0.4, -0.2) is 31.0 Å². The van der Waals surface area contributed by atoms with Gasteiger partial charge < -0.3 is 14.2 Å². The average Bonchev–Trinajstić information content (AvgIpc) is 3.07. The Morgan fingerprint density at radius 1 is 1.23 bits per heavy atom. The standard InChI is InChI=1S/C18H16BrClN2O4/c1-10(23)22-18(13-8-14(19)16(25-3)9-15(13)24-2)26-17(21-22)11-5-4-6-12(20)7-11/h4-9,18H,1-3H3/t18-/m1/s1. The Balaban J connectivity index is 2.03. The van der Waals surface area contributed by atoms with E-state index in [0.29, 0.717) is 38.0 Å². The summed E-state index contributed by atoms with van der Waals surface area (Å²) in [5.41, 5.74) is 1.31. The smallest absolute Gasteiger partial charge is 0.243 e. The zero-order chi connectivity index (χ0) is 18.8. The zero-order valence-corrected chi connectivity index (χ0v) is 16.7. The number of hydrogen-bond acceptors (Lipinski definition) is 5. The number of methoxy groups -OCH3 is 2. The molecule has 0 saturated heterocycles. The molecule has 1 atom stereocenters. The number of carbonyl (C=O) groups excluding carboxylic acids is 1. The summed E-state index contributed by atoms with van der Waals surface area (Å²) in [6, 6.07) is 10.6. The lowest BCUT2D eigenvalue weighted by Crippen LogP contribution is -2.25. The normalized spacial score (nSPS) is 16.1. The molecule has 1 amide bonds. The molecule has 0 N–H and O–H groups in total. The fourth-order valence-electron chi connectivity index (χ4n) is 2.58. The zero-order valence-electron chi connectivity index (χ0n) is 14.3. The molecule has 0 radical (unpaired) electrons. The third kappa shape index (κ3) is 3.50. The second-order valence-corrected chi connectivity index (χ2v) is 6.77. The van der Waals surface area contributed by atoms with Gasteiger partial charge in [-0.3, -0.25) is 4.79 Å². The summed E-state index contributed by atoms with van der Waals surface area (Å²) in [6.45, 7) is 1.42. The molecular formula is C18H16BrClN2O4. The molecule has 8 heteroatoms. The lowest BCUT2D eigenvalue weighted by molar-refractivity contribution is -0.135. The van der Waals surface area contributed by atoms with Gasteiger partial charge in [0.05, 0.1) is 24.3 Å². The Kier molecular flexibility index (Phi) is 5.38. The molecule has 0 bridgehead atoms. The Labute approximate surface area is 164 Å². The van der Waals surface area contributed by atoms with Gasteiger partial charge in [-0.2, -0.15) is 5.01 Å². The summed E-state index contributed by atoms with van der Waals surface area (Å²) < 4.78 is 17.4. The molecule has 136 valence electrons. The largest absolute Gasteiger partial charge is 0.496 e. The third-order valence-electron chi connectivity index (χ3n) is 3.81. The van der Waals surface area contributed by atoms with Crippen LogP contribution in [0.1, 0.15) is 24.3 Å². The predicted molar refractivity (Wildman–Crippen MR) is 102 cm³/mol. The number of ether oxygens (including phenoxy) is 3. The molecule has 1 heterocycles. The number of carbonyl (C=O) groups is 1. The van der Waals surface area contributed by atoms with Crippen LogP contribution in [0.3, 0.4) is 0 Å². The monoisotopic (exact) mass is 438 g/mol. The van der Waals surface area contributed by atoms with Gasteiger partial charge in [-0.05, 0) is 40.2 Å². The summed E-state index contributed by atoms with van der Waals surface area (Å²) in [6.07, 6.45) is -0.765. The molecule has 1 aliphatic heterocycles. The highest BCUT2D eigenvalue weighted by atomic mass is 79.9. The van der Waals surface area contributed by atoms with Crippen molar-refractivity contribution < 1.29 is 19.0 Å². The Morgan fingerprint density at radius 2 is 1.96 bits per heavy atom. The first-order valence-corrected chi connectivity index (χ1v) is 8.84. The molecule has 26 heavy (non-hydrogen) atoms. The van der Waals surface area contributed by atoms with Crippen LogP contribution in [0.15, 0.2) is 46.0 Å². The van der Waals surface area contributed by atoms with Gasteiger partial charge in [0.15, 0.2) is 0 Å². The van der Waals surface area contributed by atoms with Crippen LogP contribution >= 0.6 is 27.5 Å². The van der Waals surface area contributed by atoms with Gasteiger partial charge in [-0.25, -0.2) is 0 Å². The van der Waals surface area contributed by atoms with Crippen LogP contribution < -0.4 is 9.47 Å². The lowest BCUT2D eigenvalue weighted by Gasteiger charge is -2.22. The van der Waals surface area contributed by atoms with E-state index < -0.39 is 6.23 Å². The summed E-state index contributed by atoms with van der Waals surface area (Å²) in [5.74, 6) is 1.17. The third-order valence-corrected chi connectivity index (χ3v) is 4.66. The molecule has 0 spiro atoms. The van der Waals surface area contributed by atoms with Gasteiger partial charge in [-0.15, -0.1) is 5.10 Å². The highest BCUT2D eigenvalue weighted by Gasteiger charge is 2.35. The number of halogens is 2. The van der Waals surface area contributed by atoms with Crippen LogP contribution in [-0.2, 0) is 9.53 Å². The van der Waals surface area contributed by atoms with Gasteiger partial charge in [0.2, 0.25) is 18.0 Å². The molecule has 1 aliphatic rings. The number of hydrazone groups is 1. The molecular weight excluding hydrogens is 424 g/mol. The van der Waals surface area contributed by atoms with Crippen LogP contribution in [0.2, 0.25) is 5.02 Å². The van der Waals surface area contributed by atoms with Gasteiger partial charge in [-0.1, -0.05) is 17.7 Å². The molecule has 6 nitrogen and oxygen atoms in total. The quantitative estimate of drug-likeness (QED) is 0.710. The minimum absolute atomic E-state index is 0.263. The predicted octanol–water partition coefficient (Wildman–Crippen LogP) is 4.36. The fraction of sp³-hybridized carbons (Fsp3) is 0.222. The van der Waals surface area contributed by atoms with Crippen molar-refractivity contribution in [3.05, 3.63) is 57.0 Å². The van der Waals surface area contributed by atoms with E-state index in [0.717, 1.165) is 0 Å². The van der Waals surface area contributed by atoms with E-state index in [1.165, 1.54) is 19.0 Å². The molecule has 2 aromatic carbocycles. The van der Waals surface area contributed by atoms with Crippen molar-refractivity contribution in [3.63, 3.8) is 0 Å². The van der Waals surface area contributed by atoms with Gasteiger partial charge in [0.25, 0.3) is 0 Å². The number of hydrogen-bond donors (Lipinski definition) is 0. The molecule has 0 unspecified atom stereocenters. The molecule has 3 rings (SSSR count). The highest BCUT2D eigenvalue weighted by molar-refractivity contribution is 9.10. The molecule has 0 aliphatic carbocycles. The molecule has 0 saturated carbocycles. The average molecular weight is 440 g/mol. The SMILES string of the molecule is COc1cc(OC)c([C@H]2OC(c3cccc(Cl)c3)=NN2C(C)=O)cc1Br. The topological polar surface area (TPSA) is 60.4 Å². The van der Waals surface area contributed by atoms with Crippen molar-refractivity contribution in [1.29, 1.82) is 0 Å².